The summed E-state index contributed by atoms with van der Waals surface area (Å²) in [5.41, 5.74) is 0. The van der Waals surface area contributed by atoms with Crippen LogP contribution in [0.15, 0.2) is 35.6 Å². The van der Waals surface area contributed by atoms with E-state index in [1.165, 1.54) is 11.3 Å². The predicted molar refractivity (Wildman–Crippen MR) is 122 cm³/mol. The molecule has 10 heteroatoms. The van der Waals surface area contributed by atoms with Crippen molar-refractivity contribution in [3.8, 4) is 0 Å². The Morgan fingerprint density at radius 1 is 1.30 bits per heavy atom. The minimum absolute atomic E-state index is 0. The maximum atomic E-state index is 10.3. The van der Waals surface area contributed by atoms with Gasteiger partial charge in [0, 0.05) is 50.0 Å². The second-order valence-corrected chi connectivity index (χ2v) is 7.62. The zero-order valence-corrected chi connectivity index (χ0v) is 19.0. The summed E-state index contributed by atoms with van der Waals surface area (Å²) in [6.45, 7) is 6.44. The van der Waals surface area contributed by atoms with Crippen LogP contribution in [0.3, 0.4) is 0 Å². The molecule has 3 rings (SSSR count). The number of aliphatic imine (C=N–C) groups is 1. The van der Waals surface area contributed by atoms with Gasteiger partial charge in [-0.25, -0.2) is 9.97 Å². The fraction of sp³-hybridized carbons (Fsp3) is 0.471. The van der Waals surface area contributed by atoms with Crippen LogP contribution in [0.4, 0.5) is 5.95 Å². The van der Waals surface area contributed by atoms with Gasteiger partial charge in [-0.2, -0.15) is 0 Å². The van der Waals surface area contributed by atoms with Crippen LogP contribution >= 0.6 is 46.9 Å². The third-order valence-electron chi connectivity index (χ3n) is 4.09. The van der Waals surface area contributed by atoms with Crippen molar-refractivity contribution in [3.63, 3.8) is 0 Å². The molecule has 1 aliphatic heterocycles. The van der Waals surface area contributed by atoms with Crippen molar-refractivity contribution in [3.05, 3.63) is 39.8 Å². The average Bonchev–Trinajstić information content (AvgIpc) is 3.12. The van der Waals surface area contributed by atoms with E-state index in [1.807, 2.05) is 19.1 Å². The predicted octanol–water partition coefficient (Wildman–Crippen LogP) is 2.63. The molecule has 0 amide bonds. The van der Waals surface area contributed by atoms with Gasteiger partial charge < -0.3 is 20.2 Å². The number of aliphatic hydroxyl groups is 1. The van der Waals surface area contributed by atoms with E-state index in [1.54, 1.807) is 18.5 Å². The van der Waals surface area contributed by atoms with Gasteiger partial charge in [0.25, 0.3) is 0 Å². The quantitative estimate of drug-likeness (QED) is 0.357. The van der Waals surface area contributed by atoms with Crippen molar-refractivity contribution in [2.75, 3.05) is 44.2 Å². The van der Waals surface area contributed by atoms with Gasteiger partial charge in [0.15, 0.2) is 5.96 Å². The number of anilines is 1. The van der Waals surface area contributed by atoms with Crippen molar-refractivity contribution in [2.45, 2.75) is 13.0 Å². The topological polar surface area (TPSA) is 76.9 Å². The molecule has 3 heterocycles. The highest BCUT2D eigenvalue weighted by molar-refractivity contribution is 14.0. The van der Waals surface area contributed by atoms with Crippen LogP contribution in [0.25, 0.3) is 0 Å². The van der Waals surface area contributed by atoms with Crippen molar-refractivity contribution < 1.29 is 5.11 Å². The first kappa shape index (κ1) is 22.1. The summed E-state index contributed by atoms with van der Waals surface area (Å²) < 4.78 is 0.675. The van der Waals surface area contributed by atoms with Gasteiger partial charge in [-0.3, -0.25) is 4.99 Å². The lowest BCUT2D eigenvalue weighted by molar-refractivity contribution is 0.190. The summed E-state index contributed by atoms with van der Waals surface area (Å²) in [7, 11) is 0. The highest BCUT2D eigenvalue weighted by Gasteiger charge is 2.21. The summed E-state index contributed by atoms with van der Waals surface area (Å²) in [5.74, 6) is 1.59. The second kappa shape index (κ2) is 11.0. The number of nitrogens with zero attached hydrogens (tertiary/aromatic N) is 5. The van der Waals surface area contributed by atoms with Crippen LogP contribution in [0, 0.1) is 0 Å². The maximum absolute atomic E-state index is 10.3. The largest absolute Gasteiger partial charge is 0.386 e. The number of halogens is 2. The lowest BCUT2D eigenvalue weighted by Crippen LogP contribution is -2.53. The van der Waals surface area contributed by atoms with Crippen LogP contribution in [0.1, 0.15) is 17.9 Å². The Morgan fingerprint density at radius 2 is 2.00 bits per heavy atom. The van der Waals surface area contributed by atoms with Gasteiger partial charge in [0.1, 0.15) is 6.10 Å². The molecule has 2 aromatic heterocycles. The van der Waals surface area contributed by atoms with E-state index in [0.29, 0.717) is 10.9 Å². The van der Waals surface area contributed by atoms with E-state index in [4.69, 9.17) is 11.6 Å². The van der Waals surface area contributed by atoms with Crippen molar-refractivity contribution in [2.24, 2.45) is 4.99 Å². The summed E-state index contributed by atoms with van der Waals surface area (Å²) in [4.78, 5) is 18.4. The van der Waals surface area contributed by atoms with Crippen LogP contribution in [-0.4, -0.2) is 65.2 Å². The van der Waals surface area contributed by atoms with E-state index in [-0.39, 0.29) is 24.0 Å². The molecule has 1 unspecified atom stereocenters. The van der Waals surface area contributed by atoms with Crippen LogP contribution in [-0.2, 0) is 0 Å². The Morgan fingerprint density at radius 3 is 2.59 bits per heavy atom. The molecule has 1 aliphatic rings. The number of hydrogen-bond donors (Lipinski definition) is 2. The number of hydrogen-bond acceptors (Lipinski definition) is 6. The molecule has 0 aliphatic carbocycles. The maximum Gasteiger partial charge on any atom is 0.225 e. The highest BCUT2D eigenvalue weighted by atomic mass is 127. The first-order valence-corrected chi connectivity index (χ1v) is 9.85. The number of nitrogens with one attached hydrogen (secondary N) is 1. The van der Waals surface area contributed by atoms with E-state index in [9.17, 15) is 5.11 Å². The molecule has 0 radical (unpaired) electrons. The third-order valence-corrected chi connectivity index (χ3v) is 5.42. The minimum atomic E-state index is -0.639. The fourth-order valence-electron chi connectivity index (χ4n) is 2.77. The molecule has 1 fully saturated rings. The summed E-state index contributed by atoms with van der Waals surface area (Å²) in [6, 6.07) is 5.46. The van der Waals surface area contributed by atoms with E-state index >= 15 is 0 Å². The number of rotatable bonds is 5. The van der Waals surface area contributed by atoms with Crippen LogP contribution in [0.2, 0.25) is 4.34 Å². The molecular formula is C17H24ClIN6OS. The molecule has 148 valence electrons. The fourth-order valence-corrected chi connectivity index (χ4v) is 3.81. The number of piperazine rings is 1. The number of aromatic nitrogens is 2. The smallest absolute Gasteiger partial charge is 0.225 e. The first-order chi connectivity index (χ1) is 12.7. The summed E-state index contributed by atoms with van der Waals surface area (Å²) >= 11 is 7.32. The monoisotopic (exact) mass is 522 g/mol. The van der Waals surface area contributed by atoms with Gasteiger partial charge in [-0.05, 0) is 25.1 Å². The van der Waals surface area contributed by atoms with Crippen molar-refractivity contribution in [1.82, 2.24) is 20.2 Å². The molecule has 27 heavy (non-hydrogen) atoms. The zero-order valence-electron chi connectivity index (χ0n) is 15.1. The Hall–Kier alpha value is -1.17. The standard InChI is InChI=1S/C17H23ClN6OS.HI/c1-2-19-16(22-12-13(25)14-4-5-15(18)26-14)23-8-10-24(11-9-23)17-20-6-3-7-21-17;/h3-7,13,25H,2,8-12H2,1H3,(H,19,22);1H. The van der Waals surface area contributed by atoms with E-state index < -0.39 is 6.10 Å². The number of thiophene rings is 1. The number of guanidine groups is 1. The van der Waals surface area contributed by atoms with Crippen molar-refractivity contribution in [1.29, 1.82) is 0 Å². The SMILES string of the molecule is CCNC(=NCC(O)c1ccc(Cl)s1)N1CCN(c2ncccn2)CC1.I. The number of aliphatic hydroxyl groups excluding tert-OH is 1. The molecule has 0 spiro atoms. The van der Waals surface area contributed by atoms with Gasteiger partial charge >= 0.3 is 0 Å². The normalized spacial score (nSPS) is 16.0. The van der Waals surface area contributed by atoms with E-state index in [0.717, 1.165) is 49.5 Å². The van der Waals surface area contributed by atoms with Gasteiger partial charge in [-0.1, -0.05) is 11.6 Å². The molecule has 0 aromatic carbocycles. The molecule has 1 saturated heterocycles. The highest BCUT2D eigenvalue weighted by Crippen LogP contribution is 2.27. The Bertz CT molecular complexity index is 723. The van der Waals surface area contributed by atoms with Crippen molar-refractivity contribution >= 4 is 58.8 Å². The molecule has 1 atom stereocenters. The molecule has 0 saturated carbocycles. The van der Waals surface area contributed by atoms with Crippen LogP contribution in [0.5, 0.6) is 0 Å². The Kier molecular flexibility index (Phi) is 9.00. The summed E-state index contributed by atoms with van der Waals surface area (Å²) in [5, 5.41) is 13.6. The zero-order chi connectivity index (χ0) is 18.4. The first-order valence-electron chi connectivity index (χ1n) is 8.66. The van der Waals surface area contributed by atoms with Gasteiger partial charge in [0.05, 0.1) is 10.9 Å². The molecule has 2 N–H and O–H groups in total. The lowest BCUT2D eigenvalue weighted by atomic mass is 10.3. The second-order valence-electron chi connectivity index (χ2n) is 5.88. The molecule has 0 bridgehead atoms. The van der Waals surface area contributed by atoms with Gasteiger partial charge in [0.2, 0.25) is 5.95 Å². The molecule has 7 nitrogen and oxygen atoms in total. The Balaban J connectivity index is 0.00000261. The third kappa shape index (κ3) is 6.16. The molecule has 2 aromatic rings. The average molecular weight is 523 g/mol. The van der Waals surface area contributed by atoms with E-state index in [2.05, 4.69) is 30.1 Å². The molecular weight excluding hydrogens is 499 g/mol. The summed E-state index contributed by atoms with van der Waals surface area (Å²) in [6.07, 6.45) is 2.89. The minimum Gasteiger partial charge on any atom is -0.386 e. The Labute approximate surface area is 185 Å². The lowest BCUT2D eigenvalue weighted by Gasteiger charge is -2.36. The van der Waals surface area contributed by atoms with Gasteiger partial charge in [-0.15, -0.1) is 35.3 Å². The van der Waals surface area contributed by atoms with Crippen LogP contribution < -0.4 is 10.2 Å².